The Labute approximate surface area is 166 Å². The number of aromatic nitrogens is 2. The van der Waals surface area contributed by atoms with Crippen molar-refractivity contribution in [1.29, 1.82) is 0 Å². The summed E-state index contributed by atoms with van der Waals surface area (Å²) in [4.78, 5) is 15.5. The van der Waals surface area contributed by atoms with Crippen molar-refractivity contribution >= 4 is 35.9 Å². The van der Waals surface area contributed by atoms with Gasteiger partial charge in [-0.25, -0.2) is 4.99 Å². The first-order chi connectivity index (χ1) is 11.4. The van der Waals surface area contributed by atoms with E-state index in [0.717, 1.165) is 24.9 Å². The summed E-state index contributed by atoms with van der Waals surface area (Å²) in [5.41, 5.74) is -0.357. The van der Waals surface area contributed by atoms with Crippen LogP contribution in [0.5, 0.6) is 0 Å². The van der Waals surface area contributed by atoms with Gasteiger partial charge in [0.25, 0.3) is 0 Å². The summed E-state index contributed by atoms with van der Waals surface area (Å²) in [6.07, 6.45) is 5.43. The number of guanidine groups is 1. The molecule has 0 bridgehead atoms. The molecule has 0 aliphatic heterocycles. The van der Waals surface area contributed by atoms with Gasteiger partial charge < -0.3 is 20.5 Å². The van der Waals surface area contributed by atoms with Crippen molar-refractivity contribution in [3.63, 3.8) is 0 Å². The lowest BCUT2D eigenvalue weighted by Gasteiger charge is -2.20. The van der Waals surface area contributed by atoms with E-state index in [9.17, 15) is 9.90 Å². The van der Waals surface area contributed by atoms with Crippen LogP contribution in [0.3, 0.4) is 0 Å². The average Bonchev–Trinajstić information content (AvgIpc) is 2.99. The summed E-state index contributed by atoms with van der Waals surface area (Å²) in [6.45, 7) is 5.33. The number of hydrogen-bond donors (Lipinski definition) is 3. The Balaban J connectivity index is 0.00000576. The van der Waals surface area contributed by atoms with Crippen LogP contribution in [0.15, 0.2) is 17.4 Å². The van der Waals surface area contributed by atoms with Crippen LogP contribution in [0.1, 0.15) is 38.7 Å². The maximum atomic E-state index is 11.0. The molecule has 0 aliphatic rings. The van der Waals surface area contributed by atoms with Gasteiger partial charge in [0.1, 0.15) is 5.60 Å². The molecule has 1 heterocycles. The number of carbonyl (C=O) groups is 1. The van der Waals surface area contributed by atoms with Crippen molar-refractivity contribution < 1.29 is 14.6 Å². The Hall–Kier alpha value is -1.36. The monoisotopic (exact) mass is 467 g/mol. The Bertz CT molecular complexity index is 546. The maximum Gasteiger partial charge on any atom is 0.305 e. The molecular weight excluding hydrogens is 437 g/mol. The number of carbonyl (C=O) groups excluding carboxylic acids is 1. The van der Waals surface area contributed by atoms with Crippen molar-refractivity contribution in [2.75, 3.05) is 26.7 Å². The second-order valence-corrected chi connectivity index (χ2v) is 5.83. The molecule has 0 aliphatic carbocycles. The average molecular weight is 467 g/mol. The molecule has 0 aromatic carbocycles. The van der Waals surface area contributed by atoms with Gasteiger partial charge in [-0.1, -0.05) is 0 Å². The molecule has 3 N–H and O–H groups in total. The fourth-order valence-corrected chi connectivity index (χ4v) is 2.07. The van der Waals surface area contributed by atoms with Crippen LogP contribution in [0.4, 0.5) is 0 Å². The quantitative estimate of drug-likeness (QED) is 0.166. The molecule has 1 atom stereocenters. The molecule has 1 unspecified atom stereocenters. The number of rotatable bonds is 9. The largest absolute Gasteiger partial charge is 0.469 e. The van der Waals surface area contributed by atoms with Gasteiger partial charge in [-0.2, -0.15) is 5.10 Å². The van der Waals surface area contributed by atoms with Crippen molar-refractivity contribution in [3.05, 3.63) is 18.0 Å². The number of aliphatic imine (C=N–C) groups is 1. The number of esters is 1. The Kier molecular flexibility index (Phi) is 11.4. The minimum atomic E-state index is -1.08. The van der Waals surface area contributed by atoms with Gasteiger partial charge in [0, 0.05) is 38.3 Å². The summed E-state index contributed by atoms with van der Waals surface area (Å²) in [6, 6.07) is 0. The number of methoxy groups -OCH3 is 1. The lowest BCUT2D eigenvalue weighted by atomic mass is 10.0. The molecule has 0 saturated carbocycles. The van der Waals surface area contributed by atoms with Gasteiger partial charge >= 0.3 is 5.97 Å². The number of halogens is 1. The van der Waals surface area contributed by atoms with Crippen LogP contribution in [0.2, 0.25) is 0 Å². The smallest absolute Gasteiger partial charge is 0.305 e. The van der Waals surface area contributed by atoms with Crippen molar-refractivity contribution in [1.82, 2.24) is 20.4 Å². The highest BCUT2D eigenvalue weighted by Gasteiger charge is 2.24. The van der Waals surface area contributed by atoms with E-state index < -0.39 is 5.60 Å². The first kappa shape index (κ1) is 23.6. The molecule has 0 radical (unpaired) electrons. The lowest BCUT2D eigenvalue weighted by molar-refractivity contribution is -0.140. The standard InChI is InChI=1S/C16H29N5O3.HI/c1-5-17-15(18-9-7-6-8-14(22)24-4)19-12-16(2,23)13-10-20-21(3)11-13;/h10-11,23H,5-9,12H2,1-4H3,(H2,17,18,19);1H. The van der Waals surface area contributed by atoms with Crippen LogP contribution in [0, 0.1) is 0 Å². The van der Waals surface area contributed by atoms with Gasteiger partial charge in [0.05, 0.1) is 19.9 Å². The molecular formula is C16H30IN5O3. The summed E-state index contributed by atoms with van der Waals surface area (Å²) in [5.74, 6) is 0.447. The van der Waals surface area contributed by atoms with Crippen LogP contribution < -0.4 is 10.6 Å². The molecule has 9 heteroatoms. The number of unbranched alkanes of at least 4 members (excludes halogenated alkanes) is 1. The molecule has 1 aromatic rings. The third-order valence-corrected chi connectivity index (χ3v) is 3.54. The van der Waals surface area contributed by atoms with E-state index in [2.05, 4.69) is 25.5 Å². The Morgan fingerprint density at radius 2 is 2.16 bits per heavy atom. The highest BCUT2D eigenvalue weighted by atomic mass is 127. The van der Waals surface area contributed by atoms with Crippen LogP contribution in [0.25, 0.3) is 0 Å². The zero-order valence-electron chi connectivity index (χ0n) is 15.4. The Morgan fingerprint density at radius 3 is 2.72 bits per heavy atom. The highest BCUT2D eigenvalue weighted by molar-refractivity contribution is 14.0. The first-order valence-electron chi connectivity index (χ1n) is 8.19. The highest BCUT2D eigenvalue weighted by Crippen LogP contribution is 2.19. The third-order valence-electron chi connectivity index (χ3n) is 3.54. The fourth-order valence-electron chi connectivity index (χ4n) is 2.07. The predicted molar refractivity (Wildman–Crippen MR) is 108 cm³/mol. The van der Waals surface area contributed by atoms with Crippen molar-refractivity contribution in [2.24, 2.45) is 12.0 Å². The molecule has 25 heavy (non-hydrogen) atoms. The SMILES string of the molecule is CCNC(=NCC(C)(O)c1cnn(C)c1)NCCCCC(=O)OC.I. The number of ether oxygens (including phenoxy) is 1. The minimum absolute atomic E-state index is 0. The molecule has 0 fully saturated rings. The van der Waals surface area contributed by atoms with E-state index in [1.807, 2.05) is 14.0 Å². The topological polar surface area (TPSA) is 101 Å². The molecule has 1 aromatic heterocycles. The van der Waals surface area contributed by atoms with Crippen LogP contribution in [-0.2, 0) is 22.2 Å². The van der Waals surface area contributed by atoms with E-state index in [1.165, 1.54) is 7.11 Å². The molecule has 8 nitrogen and oxygen atoms in total. The summed E-state index contributed by atoms with van der Waals surface area (Å²) in [5, 5.41) is 21.0. The number of hydrogen-bond acceptors (Lipinski definition) is 5. The molecule has 0 saturated heterocycles. The summed E-state index contributed by atoms with van der Waals surface area (Å²) in [7, 11) is 3.20. The molecule has 0 amide bonds. The third kappa shape index (κ3) is 9.05. The lowest BCUT2D eigenvalue weighted by Crippen LogP contribution is -2.39. The second-order valence-electron chi connectivity index (χ2n) is 5.83. The van der Waals surface area contributed by atoms with Crippen LogP contribution >= 0.6 is 24.0 Å². The van der Waals surface area contributed by atoms with Gasteiger partial charge in [0.2, 0.25) is 0 Å². The van der Waals surface area contributed by atoms with Crippen LogP contribution in [-0.4, -0.2) is 53.6 Å². The fraction of sp³-hybridized carbons (Fsp3) is 0.688. The maximum absolute atomic E-state index is 11.0. The molecule has 144 valence electrons. The second kappa shape index (κ2) is 12.1. The summed E-state index contributed by atoms with van der Waals surface area (Å²) >= 11 is 0. The summed E-state index contributed by atoms with van der Waals surface area (Å²) < 4.78 is 6.26. The number of nitrogens with one attached hydrogen (secondary N) is 2. The van der Waals surface area contributed by atoms with Gasteiger partial charge in [0.15, 0.2) is 5.96 Å². The predicted octanol–water partition coefficient (Wildman–Crippen LogP) is 1.14. The van der Waals surface area contributed by atoms with E-state index in [0.29, 0.717) is 18.9 Å². The van der Waals surface area contributed by atoms with Gasteiger partial charge in [-0.05, 0) is 26.7 Å². The zero-order chi connectivity index (χ0) is 18.0. The normalized spacial score (nSPS) is 13.6. The van der Waals surface area contributed by atoms with E-state index in [4.69, 9.17) is 0 Å². The molecule has 1 rings (SSSR count). The van der Waals surface area contributed by atoms with E-state index >= 15 is 0 Å². The minimum Gasteiger partial charge on any atom is -0.469 e. The van der Waals surface area contributed by atoms with E-state index in [1.54, 1.807) is 24.0 Å². The number of nitrogens with zero attached hydrogens (tertiary/aromatic N) is 3. The molecule has 0 spiro atoms. The zero-order valence-corrected chi connectivity index (χ0v) is 17.7. The Morgan fingerprint density at radius 1 is 1.44 bits per heavy atom. The van der Waals surface area contributed by atoms with E-state index in [-0.39, 0.29) is 36.5 Å². The van der Waals surface area contributed by atoms with Gasteiger partial charge in [-0.3, -0.25) is 9.48 Å². The number of aliphatic hydroxyl groups is 1. The van der Waals surface area contributed by atoms with Gasteiger partial charge in [-0.15, -0.1) is 24.0 Å². The number of aryl methyl sites for hydroxylation is 1. The first-order valence-corrected chi connectivity index (χ1v) is 8.19. The van der Waals surface area contributed by atoms with Crippen molar-refractivity contribution in [2.45, 2.75) is 38.7 Å². The van der Waals surface area contributed by atoms with Crippen molar-refractivity contribution in [3.8, 4) is 0 Å².